The first-order valence-corrected chi connectivity index (χ1v) is 9.98. The van der Waals surface area contributed by atoms with Crippen molar-refractivity contribution < 1.29 is 24.1 Å². The van der Waals surface area contributed by atoms with Crippen LogP contribution in [0.15, 0.2) is 18.2 Å². The molecule has 0 aliphatic carbocycles. The van der Waals surface area contributed by atoms with Crippen molar-refractivity contribution in [3.63, 3.8) is 0 Å². The molecule has 0 aromatic heterocycles. The first-order chi connectivity index (χ1) is 14.2. The highest BCUT2D eigenvalue weighted by Gasteiger charge is 2.34. The largest absolute Gasteiger partial charge is 0.506 e. The van der Waals surface area contributed by atoms with Gasteiger partial charge < -0.3 is 19.3 Å². The molecule has 2 aromatic rings. The quantitative estimate of drug-likeness (QED) is 0.428. The van der Waals surface area contributed by atoms with Gasteiger partial charge in [-0.1, -0.05) is 23.8 Å². The Hall–Kier alpha value is -2.92. The number of rotatable bonds is 3. The highest BCUT2D eigenvalue weighted by Crippen LogP contribution is 2.53. The van der Waals surface area contributed by atoms with Crippen LogP contribution in [0.3, 0.4) is 0 Å². The number of halogens is 1. The molecule has 30 heavy (non-hydrogen) atoms. The predicted octanol–water partition coefficient (Wildman–Crippen LogP) is 6.84. The highest BCUT2D eigenvalue weighted by molar-refractivity contribution is 6.34. The Balaban J connectivity index is 2.47. The van der Waals surface area contributed by atoms with Crippen LogP contribution in [-0.4, -0.2) is 18.2 Å². The van der Waals surface area contributed by atoms with Crippen molar-refractivity contribution in [1.82, 2.24) is 0 Å². The number of aromatic hydroxyl groups is 1. The summed E-state index contributed by atoms with van der Waals surface area (Å²) in [6.07, 6.45) is 3.75. The van der Waals surface area contributed by atoms with Crippen molar-refractivity contribution in [2.24, 2.45) is 0 Å². The lowest BCUT2D eigenvalue weighted by atomic mass is 9.96. The number of methoxy groups -OCH3 is 1. The summed E-state index contributed by atoms with van der Waals surface area (Å²) in [6.45, 7) is 10.9. The Morgan fingerprint density at radius 1 is 1.03 bits per heavy atom. The van der Waals surface area contributed by atoms with E-state index in [0.717, 1.165) is 11.1 Å². The van der Waals surface area contributed by atoms with Crippen LogP contribution >= 0.6 is 11.6 Å². The second-order valence-electron chi connectivity index (χ2n) is 7.21. The average Bonchev–Trinajstić information content (AvgIpc) is 2.89. The smallest absolute Gasteiger partial charge is 0.348 e. The van der Waals surface area contributed by atoms with Gasteiger partial charge in [0.1, 0.15) is 22.8 Å². The van der Waals surface area contributed by atoms with Gasteiger partial charge in [0.05, 0.1) is 12.1 Å². The summed E-state index contributed by atoms with van der Waals surface area (Å²) in [7, 11) is 1.57. The summed E-state index contributed by atoms with van der Waals surface area (Å²) in [5.74, 6) is 0.663. The van der Waals surface area contributed by atoms with E-state index < -0.39 is 5.97 Å². The molecule has 1 aliphatic rings. The number of allylic oxidation sites excluding steroid dienone is 4. The number of carbonyl (C=O) groups excluding carboxylic acids is 1. The lowest BCUT2D eigenvalue weighted by molar-refractivity contribution is 0.0735. The number of ether oxygens (including phenoxy) is 3. The molecule has 0 amide bonds. The number of esters is 1. The van der Waals surface area contributed by atoms with E-state index in [1.54, 1.807) is 20.1 Å². The van der Waals surface area contributed by atoms with E-state index in [9.17, 15) is 9.90 Å². The van der Waals surface area contributed by atoms with Gasteiger partial charge in [0.15, 0.2) is 11.5 Å². The maximum atomic E-state index is 13.3. The standard InChI is InChI=1S/C24H25ClO5/c1-8-11(3)15-10-16(28-7)13(5)21-18(15)24(27)30-22-14(6)20(26)19(25)17(12(4)9-2)23(22)29-21/h8-10,26H,1-7H3/b11-8-,12-9-. The van der Waals surface area contributed by atoms with Crippen molar-refractivity contribution in [3.8, 4) is 28.7 Å². The SMILES string of the molecule is C/C=C(/C)c1cc(OC)c(C)c2c1C(=O)Oc1c(C)c(O)c(Cl)c(/C(C)=C\C)c1O2. The number of carbonyl (C=O) groups is 1. The van der Waals surface area contributed by atoms with Gasteiger partial charge in [-0.2, -0.15) is 0 Å². The predicted molar refractivity (Wildman–Crippen MR) is 119 cm³/mol. The van der Waals surface area contributed by atoms with Crippen LogP contribution < -0.4 is 14.2 Å². The van der Waals surface area contributed by atoms with Crippen molar-refractivity contribution in [1.29, 1.82) is 0 Å². The molecule has 0 radical (unpaired) electrons. The Morgan fingerprint density at radius 3 is 2.23 bits per heavy atom. The summed E-state index contributed by atoms with van der Waals surface area (Å²) in [6, 6.07) is 1.81. The number of hydrogen-bond donors (Lipinski definition) is 1. The zero-order valence-electron chi connectivity index (χ0n) is 18.2. The zero-order valence-corrected chi connectivity index (χ0v) is 18.9. The van der Waals surface area contributed by atoms with Crippen LogP contribution in [0.4, 0.5) is 0 Å². The van der Waals surface area contributed by atoms with Gasteiger partial charge in [-0.3, -0.25) is 0 Å². The van der Waals surface area contributed by atoms with Crippen LogP contribution in [0.5, 0.6) is 28.7 Å². The summed E-state index contributed by atoms with van der Waals surface area (Å²) >= 11 is 6.48. The summed E-state index contributed by atoms with van der Waals surface area (Å²) in [5.41, 5.74) is 4.08. The first kappa shape index (κ1) is 21.8. The maximum absolute atomic E-state index is 13.3. The van der Waals surface area contributed by atoms with E-state index in [1.165, 1.54) is 0 Å². The van der Waals surface area contributed by atoms with E-state index in [-0.39, 0.29) is 16.5 Å². The van der Waals surface area contributed by atoms with E-state index in [2.05, 4.69) is 0 Å². The third kappa shape index (κ3) is 3.23. The molecule has 2 aromatic carbocycles. The number of phenolic OH excluding ortho intramolecular Hbond substituents is 1. The van der Waals surface area contributed by atoms with Crippen molar-refractivity contribution >= 4 is 28.7 Å². The van der Waals surface area contributed by atoms with E-state index in [1.807, 2.05) is 46.8 Å². The Labute approximate surface area is 181 Å². The van der Waals surface area contributed by atoms with Crippen LogP contribution in [0, 0.1) is 13.8 Å². The third-order valence-corrected chi connectivity index (χ3v) is 5.91. The second-order valence-corrected chi connectivity index (χ2v) is 7.59. The molecule has 0 atom stereocenters. The number of hydrogen-bond acceptors (Lipinski definition) is 5. The Bertz CT molecular complexity index is 1130. The molecular formula is C24H25ClO5. The lowest BCUT2D eigenvalue weighted by Crippen LogP contribution is -2.12. The molecule has 0 spiro atoms. The normalized spacial score (nSPS) is 13.8. The van der Waals surface area contributed by atoms with E-state index >= 15 is 0 Å². The number of phenols is 1. The molecule has 0 fully saturated rings. The molecular weight excluding hydrogens is 404 g/mol. The topological polar surface area (TPSA) is 65.0 Å². The molecule has 6 heteroatoms. The molecule has 0 bridgehead atoms. The fourth-order valence-corrected chi connectivity index (χ4v) is 3.86. The summed E-state index contributed by atoms with van der Waals surface area (Å²) in [5, 5.41) is 10.7. The molecule has 3 rings (SSSR count). The minimum absolute atomic E-state index is 0.145. The molecule has 1 aliphatic heterocycles. The summed E-state index contributed by atoms with van der Waals surface area (Å²) < 4.78 is 17.7. The fourth-order valence-electron chi connectivity index (χ4n) is 3.48. The van der Waals surface area contributed by atoms with Crippen LogP contribution in [-0.2, 0) is 0 Å². The Kier molecular flexibility index (Phi) is 5.86. The minimum atomic E-state index is -0.570. The number of benzene rings is 2. The zero-order chi connectivity index (χ0) is 22.3. The van der Waals surface area contributed by atoms with Crippen LogP contribution in [0.1, 0.15) is 60.3 Å². The van der Waals surface area contributed by atoms with Gasteiger partial charge in [0.2, 0.25) is 0 Å². The molecule has 1 heterocycles. The molecule has 0 saturated carbocycles. The molecule has 5 nitrogen and oxygen atoms in total. The van der Waals surface area contributed by atoms with E-state index in [0.29, 0.717) is 45.1 Å². The third-order valence-electron chi connectivity index (χ3n) is 5.55. The van der Waals surface area contributed by atoms with Gasteiger partial charge in [0, 0.05) is 16.7 Å². The monoisotopic (exact) mass is 428 g/mol. The second kappa shape index (κ2) is 8.07. The van der Waals surface area contributed by atoms with Gasteiger partial charge in [0.25, 0.3) is 0 Å². The molecule has 0 unspecified atom stereocenters. The number of fused-ring (bicyclic) bond motifs is 2. The fraction of sp³-hybridized carbons (Fsp3) is 0.292. The van der Waals surface area contributed by atoms with Crippen molar-refractivity contribution in [3.05, 3.63) is 51.1 Å². The maximum Gasteiger partial charge on any atom is 0.348 e. The lowest BCUT2D eigenvalue weighted by Gasteiger charge is -2.19. The highest BCUT2D eigenvalue weighted by atomic mass is 35.5. The van der Waals surface area contributed by atoms with Gasteiger partial charge in [-0.05, 0) is 64.3 Å². The average molecular weight is 429 g/mol. The molecule has 158 valence electrons. The summed E-state index contributed by atoms with van der Waals surface area (Å²) in [4.78, 5) is 13.3. The Morgan fingerprint density at radius 2 is 1.67 bits per heavy atom. The minimum Gasteiger partial charge on any atom is -0.506 e. The van der Waals surface area contributed by atoms with E-state index in [4.69, 9.17) is 25.8 Å². The van der Waals surface area contributed by atoms with Gasteiger partial charge in [-0.15, -0.1) is 0 Å². The van der Waals surface area contributed by atoms with Crippen LogP contribution in [0.25, 0.3) is 11.1 Å². The molecule has 0 saturated heterocycles. The van der Waals surface area contributed by atoms with Gasteiger partial charge in [-0.25, -0.2) is 4.79 Å². The van der Waals surface area contributed by atoms with Crippen LogP contribution in [0.2, 0.25) is 5.02 Å². The van der Waals surface area contributed by atoms with Crippen molar-refractivity contribution in [2.45, 2.75) is 41.5 Å². The van der Waals surface area contributed by atoms with Crippen molar-refractivity contribution in [2.75, 3.05) is 7.11 Å². The molecule has 1 N–H and O–H groups in total. The van der Waals surface area contributed by atoms with Gasteiger partial charge >= 0.3 is 5.97 Å². The first-order valence-electron chi connectivity index (χ1n) is 9.60.